The fourth-order valence-electron chi connectivity index (χ4n) is 5.91. The molecule has 4 rings (SSSR count). The van der Waals surface area contributed by atoms with E-state index >= 15 is 0 Å². The SMILES string of the molecule is CC(C)(C)OC(=O)CCCCCCOC1[C@@H](OCc2ccc(-c3ccccc3)cc2)CC[C@@H]1N1CCCCC1. The van der Waals surface area contributed by atoms with Crippen molar-refractivity contribution in [3.63, 3.8) is 0 Å². The topological polar surface area (TPSA) is 48.0 Å². The molecular formula is C34H49NO4. The predicted octanol–water partition coefficient (Wildman–Crippen LogP) is 7.56. The van der Waals surface area contributed by atoms with E-state index < -0.39 is 5.60 Å². The molecule has 0 spiro atoms. The Kier molecular flexibility index (Phi) is 11.4. The van der Waals surface area contributed by atoms with Gasteiger partial charge in [-0.05, 0) is 89.1 Å². The van der Waals surface area contributed by atoms with E-state index in [0.29, 0.717) is 19.1 Å². The van der Waals surface area contributed by atoms with Crippen molar-refractivity contribution in [1.82, 2.24) is 4.90 Å². The van der Waals surface area contributed by atoms with Gasteiger partial charge in [0.2, 0.25) is 0 Å². The Labute approximate surface area is 236 Å². The van der Waals surface area contributed by atoms with Crippen LogP contribution >= 0.6 is 0 Å². The van der Waals surface area contributed by atoms with Gasteiger partial charge in [0, 0.05) is 19.1 Å². The number of hydrogen-bond acceptors (Lipinski definition) is 5. The van der Waals surface area contributed by atoms with Crippen LogP contribution in [0.15, 0.2) is 54.6 Å². The minimum atomic E-state index is -0.401. The molecule has 3 atom stereocenters. The molecule has 0 amide bonds. The molecule has 1 aliphatic heterocycles. The van der Waals surface area contributed by atoms with E-state index in [1.807, 2.05) is 20.8 Å². The molecule has 39 heavy (non-hydrogen) atoms. The first-order chi connectivity index (χ1) is 18.9. The van der Waals surface area contributed by atoms with E-state index in [4.69, 9.17) is 14.2 Å². The van der Waals surface area contributed by atoms with Gasteiger partial charge in [0.1, 0.15) is 5.60 Å². The van der Waals surface area contributed by atoms with Crippen LogP contribution in [0.4, 0.5) is 0 Å². The molecule has 0 radical (unpaired) electrons. The molecule has 2 aromatic carbocycles. The summed E-state index contributed by atoms with van der Waals surface area (Å²) in [5.41, 5.74) is 3.28. The number of benzene rings is 2. The smallest absolute Gasteiger partial charge is 0.306 e. The number of unbranched alkanes of at least 4 members (excludes halogenated alkanes) is 3. The molecule has 1 unspecified atom stereocenters. The number of carbonyl (C=O) groups excluding carboxylic acids is 1. The molecule has 2 aliphatic rings. The van der Waals surface area contributed by atoms with Crippen LogP contribution in [0.25, 0.3) is 11.1 Å². The van der Waals surface area contributed by atoms with Gasteiger partial charge in [0.15, 0.2) is 0 Å². The molecule has 0 bridgehead atoms. The first-order valence-electron chi connectivity index (χ1n) is 15.2. The van der Waals surface area contributed by atoms with E-state index in [9.17, 15) is 4.79 Å². The molecule has 2 fully saturated rings. The minimum Gasteiger partial charge on any atom is -0.460 e. The monoisotopic (exact) mass is 535 g/mol. The fraction of sp³-hybridized carbons (Fsp3) is 0.618. The number of likely N-dealkylation sites (tertiary alicyclic amines) is 1. The minimum absolute atomic E-state index is 0.0937. The summed E-state index contributed by atoms with van der Waals surface area (Å²) in [4.78, 5) is 14.6. The van der Waals surface area contributed by atoms with E-state index in [1.165, 1.54) is 49.0 Å². The van der Waals surface area contributed by atoms with Gasteiger partial charge in [0.25, 0.3) is 0 Å². The molecule has 0 aromatic heterocycles. The summed E-state index contributed by atoms with van der Waals surface area (Å²) in [6.45, 7) is 9.50. The maximum absolute atomic E-state index is 11.9. The number of hydrogen-bond donors (Lipinski definition) is 0. The average molecular weight is 536 g/mol. The van der Waals surface area contributed by atoms with Gasteiger partial charge in [0.05, 0.1) is 18.8 Å². The largest absolute Gasteiger partial charge is 0.460 e. The maximum atomic E-state index is 11.9. The lowest BCUT2D eigenvalue weighted by Gasteiger charge is -2.36. The summed E-state index contributed by atoms with van der Waals surface area (Å²) in [5.74, 6) is -0.0937. The Balaban J connectivity index is 1.24. The van der Waals surface area contributed by atoms with Crippen LogP contribution in [0.3, 0.4) is 0 Å². The first-order valence-corrected chi connectivity index (χ1v) is 15.2. The highest BCUT2D eigenvalue weighted by Crippen LogP contribution is 2.32. The Hall–Kier alpha value is -2.21. The number of rotatable bonds is 13. The first kappa shape index (κ1) is 29.8. The highest BCUT2D eigenvalue weighted by atomic mass is 16.6. The Morgan fingerprint density at radius 3 is 2.23 bits per heavy atom. The summed E-state index contributed by atoms with van der Waals surface area (Å²) in [7, 11) is 0. The van der Waals surface area contributed by atoms with Gasteiger partial charge in [-0.1, -0.05) is 73.9 Å². The van der Waals surface area contributed by atoms with E-state index in [-0.39, 0.29) is 18.2 Å². The second-order valence-corrected chi connectivity index (χ2v) is 12.2. The normalized spacial score (nSPS) is 22.2. The quantitative estimate of drug-likeness (QED) is 0.196. The van der Waals surface area contributed by atoms with Gasteiger partial charge in [-0.25, -0.2) is 0 Å². The highest BCUT2D eigenvalue weighted by molar-refractivity contribution is 5.69. The Morgan fingerprint density at radius 2 is 1.51 bits per heavy atom. The lowest BCUT2D eigenvalue weighted by atomic mass is 10.0. The van der Waals surface area contributed by atoms with Crippen LogP contribution in [0.5, 0.6) is 0 Å². The lowest BCUT2D eigenvalue weighted by Crippen LogP contribution is -2.47. The van der Waals surface area contributed by atoms with Gasteiger partial charge in [-0.2, -0.15) is 0 Å². The summed E-state index contributed by atoms with van der Waals surface area (Å²) in [6.07, 6.45) is 10.9. The van der Waals surface area contributed by atoms with Gasteiger partial charge in [-0.15, -0.1) is 0 Å². The van der Waals surface area contributed by atoms with Gasteiger partial charge < -0.3 is 14.2 Å². The molecule has 5 nitrogen and oxygen atoms in total. The third-order valence-corrected chi connectivity index (χ3v) is 7.88. The molecule has 214 valence electrons. The van der Waals surface area contributed by atoms with Crippen LogP contribution in [-0.2, 0) is 25.6 Å². The van der Waals surface area contributed by atoms with Crippen LogP contribution < -0.4 is 0 Å². The number of carbonyl (C=O) groups is 1. The van der Waals surface area contributed by atoms with Gasteiger partial charge in [-0.3, -0.25) is 9.69 Å². The van der Waals surface area contributed by atoms with E-state index in [1.54, 1.807) is 0 Å². The number of nitrogens with zero attached hydrogens (tertiary/aromatic N) is 1. The number of esters is 1. The molecule has 1 saturated heterocycles. The fourth-order valence-corrected chi connectivity index (χ4v) is 5.91. The summed E-state index contributed by atoms with van der Waals surface area (Å²) in [6, 6.07) is 19.7. The summed E-state index contributed by atoms with van der Waals surface area (Å²) >= 11 is 0. The second kappa shape index (κ2) is 15.0. The standard InChI is InChI=1S/C34H49NO4/c1-34(2,3)39-32(36)16-10-4-5-13-25-37-33-30(35-23-11-7-12-24-35)21-22-31(33)38-26-27-17-19-29(20-18-27)28-14-8-6-9-15-28/h6,8-9,14-15,17-20,30-31,33H,4-5,7,10-13,16,21-26H2,1-3H3/t30-,31-,33?/m0/s1. The van der Waals surface area contributed by atoms with Crippen molar-refractivity contribution in [1.29, 1.82) is 0 Å². The summed E-state index contributed by atoms with van der Waals surface area (Å²) < 4.78 is 18.5. The van der Waals surface area contributed by atoms with E-state index in [0.717, 1.165) is 45.1 Å². The van der Waals surface area contributed by atoms with Crippen LogP contribution in [-0.4, -0.2) is 54.4 Å². The van der Waals surface area contributed by atoms with Crippen LogP contribution in [0.2, 0.25) is 0 Å². The molecule has 1 heterocycles. The number of piperidine rings is 1. The third-order valence-electron chi connectivity index (χ3n) is 7.88. The second-order valence-electron chi connectivity index (χ2n) is 12.2. The molecule has 5 heteroatoms. The van der Waals surface area contributed by atoms with Crippen molar-refractivity contribution in [2.24, 2.45) is 0 Å². The molecule has 1 aliphatic carbocycles. The molecule has 2 aromatic rings. The van der Waals surface area contributed by atoms with Crippen molar-refractivity contribution in [2.75, 3.05) is 19.7 Å². The zero-order chi connectivity index (χ0) is 27.5. The molecular weight excluding hydrogens is 486 g/mol. The zero-order valence-corrected chi connectivity index (χ0v) is 24.4. The van der Waals surface area contributed by atoms with Crippen LogP contribution in [0, 0.1) is 0 Å². The predicted molar refractivity (Wildman–Crippen MR) is 158 cm³/mol. The Morgan fingerprint density at radius 1 is 0.821 bits per heavy atom. The zero-order valence-electron chi connectivity index (χ0n) is 24.4. The van der Waals surface area contributed by atoms with Gasteiger partial charge >= 0.3 is 5.97 Å². The highest BCUT2D eigenvalue weighted by Gasteiger charge is 2.41. The van der Waals surface area contributed by atoms with Crippen molar-refractivity contribution in [3.8, 4) is 11.1 Å². The van der Waals surface area contributed by atoms with Crippen molar-refractivity contribution >= 4 is 5.97 Å². The lowest BCUT2D eigenvalue weighted by molar-refractivity contribution is -0.154. The van der Waals surface area contributed by atoms with Crippen molar-refractivity contribution in [3.05, 3.63) is 60.2 Å². The van der Waals surface area contributed by atoms with Crippen LogP contribution in [0.1, 0.15) is 90.5 Å². The van der Waals surface area contributed by atoms with E-state index in [2.05, 4.69) is 59.5 Å². The average Bonchev–Trinajstić information content (AvgIpc) is 3.34. The maximum Gasteiger partial charge on any atom is 0.306 e. The molecule has 0 N–H and O–H groups in total. The van der Waals surface area contributed by atoms with Crippen molar-refractivity contribution < 1.29 is 19.0 Å². The number of ether oxygens (including phenoxy) is 3. The van der Waals surface area contributed by atoms with Crippen molar-refractivity contribution in [2.45, 2.75) is 115 Å². The summed E-state index contributed by atoms with van der Waals surface area (Å²) in [5, 5.41) is 0. The third kappa shape index (κ3) is 9.73. The molecule has 1 saturated carbocycles. The Bertz CT molecular complexity index is 979.